The summed E-state index contributed by atoms with van der Waals surface area (Å²) in [6, 6.07) is 0.581. The van der Waals surface area contributed by atoms with Crippen LogP contribution in [0.2, 0.25) is 6.04 Å². The number of nitrogens with one attached hydrogen (secondary N) is 1. The molecule has 0 atom stereocenters. The van der Waals surface area contributed by atoms with Crippen molar-refractivity contribution in [1.29, 1.82) is 0 Å². The zero-order valence-corrected chi connectivity index (χ0v) is 12.0. The van der Waals surface area contributed by atoms with Crippen LogP contribution in [0, 0.1) is 0 Å². The first-order valence-electron chi connectivity index (χ1n) is 5.61. The van der Waals surface area contributed by atoms with Crippen LogP contribution in [0.5, 0.6) is 0 Å². The number of hydrogen-bond acceptors (Lipinski definition) is 6. The van der Waals surface area contributed by atoms with Crippen molar-refractivity contribution in [2.75, 3.05) is 27.9 Å². The van der Waals surface area contributed by atoms with Crippen LogP contribution in [-0.4, -0.2) is 48.6 Å². The van der Waals surface area contributed by atoms with Crippen LogP contribution in [0.25, 0.3) is 0 Å². The third-order valence-electron chi connectivity index (χ3n) is 2.47. The van der Waals surface area contributed by atoms with Gasteiger partial charge in [-0.1, -0.05) is 0 Å². The predicted octanol–water partition coefficient (Wildman–Crippen LogP) is -1.10. The van der Waals surface area contributed by atoms with Gasteiger partial charge in [0.1, 0.15) is 0 Å². The van der Waals surface area contributed by atoms with E-state index in [1.54, 1.807) is 0 Å². The molecule has 0 unspecified atom stereocenters. The third-order valence-corrected chi connectivity index (χ3v) is 5.30. The molecule has 0 aromatic heterocycles. The summed E-state index contributed by atoms with van der Waals surface area (Å²) in [5.74, 6) is -1.53. The van der Waals surface area contributed by atoms with Crippen LogP contribution in [-0.2, 0) is 22.9 Å². The van der Waals surface area contributed by atoms with Gasteiger partial charge in [0.2, 0.25) is 5.91 Å². The number of carboxylic acid groups (broad SMARTS) is 1. The van der Waals surface area contributed by atoms with E-state index in [0.717, 1.165) is 0 Å². The lowest BCUT2D eigenvalue weighted by Crippen LogP contribution is -2.43. The van der Waals surface area contributed by atoms with Crippen LogP contribution in [0.3, 0.4) is 0 Å². The number of rotatable bonds is 10. The lowest BCUT2D eigenvalue weighted by molar-refractivity contribution is -0.305. The molecule has 0 saturated heterocycles. The Morgan fingerprint density at radius 1 is 1.11 bits per heavy atom. The fourth-order valence-electron chi connectivity index (χ4n) is 1.39. The van der Waals surface area contributed by atoms with Gasteiger partial charge >= 0.3 is 8.80 Å². The molecule has 0 aliphatic rings. The fourth-order valence-corrected chi connectivity index (χ4v) is 3.12. The molecule has 8 heteroatoms. The van der Waals surface area contributed by atoms with Gasteiger partial charge in [0.15, 0.2) is 0 Å². The first-order valence-corrected chi connectivity index (χ1v) is 7.55. The standard InChI is InChI=1S/C10H21NO6Si/c1-15-18(16-2,17-3)8-4-7-11-9(12)5-6-10(13)14/h4-8H2,1-3H3,(H,11,12)(H,13,14)/p-1. The highest BCUT2D eigenvalue weighted by Crippen LogP contribution is 2.14. The zero-order chi connectivity index (χ0) is 14.0. The Balaban J connectivity index is 3.78. The molecular weight excluding hydrogens is 258 g/mol. The Labute approximate surface area is 108 Å². The summed E-state index contributed by atoms with van der Waals surface area (Å²) in [5, 5.41) is 12.8. The van der Waals surface area contributed by atoms with Crippen LogP contribution >= 0.6 is 0 Å². The summed E-state index contributed by atoms with van der Waals surface area (Å²) in [5.41, 5.74) is 0. The maximum absolute atomic E-state index is 11.2. The number of hydrogen-bond donors (Lipinski definition) is 1. The molecular formula is C10H20NO6Si-. The highest BCUT2D eigenvalue weighted by molar-refractivity contribution is 6.60. The molecule has 0 fully saturated rings. The molecule has 0 rings (SSSR count). The topological polar surface area (TPSA) is 96.9 Å². The zero-order valence-electron chi connectivity index (χ0n) is 11.0. The van der Waals surface area contributed by atoms with Gasteiger partial charge < -0.3 is 28.5 Å². The van der Waals surface area contributed by atoms with Crippen LogP contribution in [0.15, 0.2) is 0 Å². The van der Waals surface area contributed by atoms with Gasteiger partial charge in [-0.25, -0.2) is 0 Å². The molecule has 0 aliphatic carbocycles. The van der Waals surface area contributed by atoms with Gasteiger partial charge in [0, 0.05) is 46.3 Å². The molecule has 0 aromatic carbocycles. The molecule has 0 heterocycles. The molecule has 0 aliphatic heterocycles. The van der Waals surface area contributed by atoms with Crippen molar-refractivity contribution in [3.8, 4) is 0 Å². The molecule has 18 heavy (non-hydrogen) atoms. The third kappa shape index (κ3) is 6.69. The van der Waals surface area contributed by atoms with Crippen molar-refractivity contribution < 1.29 is 28.0 Å². The smallest absolute Gasteiger partial charge is 0.500 e. The normalized spacial score (nSPS) is 11.3. The first kappa shape index (κ1) is 17.0. The molecule has 7 nitrogen and oxygen atoms in total. The first-order chi connectivity index (χ1) is 8.49. The Bertz CT molecular complexity index is 261. The van der Waals surface area contributed by atoms with E-state index in [1.807, 2.05) is 0 Å². The maximum atomic E-state index is 11.2. The summed E-state index contributed by atoms with van der Waals surface area (Å²) in [7, 11) is 2.00. The minimum absolute atomic E-state index is 0.0657. The van der Waals surface area contributed by atoms with Crippen molar-refractivity contribution in [2.45, 2.75) is 25.3 Å². The van der Waals surface area contributed by atoms with Gasteiger partial charge in [-0.2, -0.15) is 0 Å². The van der Waals surface area contributed by atoms with Crippen molar-refractivity contribution in [1.82, 2.24) is 5.32 Å². The predicted molar refractivity (Wildman–Crippen MR) is 63.5 cm³/mol. The van der Waals surface area contributed by atoms with E-state index in [9.17, 15) is 14.7 Å². The van der Waals surface area contributed by atoms with E-state index in [4.69, 9.17) is 13.3 Å². The maximum Gasteiger partial charge on any atom is 0.500 e. The lowest BCUT2D eigenvalue weighted by atomic mass is 10.3. The molecule has 0 bridgehead atoms. The average Bonchev–Trinajstić information content (AvgIpc) is 2.37. The minimum Gasteiger partial charge on any atom is -0.550 e. The second kappa shape index (κ2) is 9.03. The molecule has 0 radical (unpaired) electrons. The van der Waals surface area contributed by atoms with Gasteiger partial charge in [0.25, 0.3) is 0 Å². The molecule has 0 saturated carbocycles. The second-order valence-electron chi connectivity index (χ2n) is 3.62. The van der Waals surface area contributed by atoms with Crippen molar-refractivity contribution in [3.05, 3.63) is 0 Å². The van der Waals surface area contributed by atoms with Crippen molar-refractivity contribution >= 4 is 20.7 Å². The number of carbonyl (C=O) groups excluding carboxylic acids is 2. The largest absolute Gasteiger partial charge is 0.550 e. The summed E-state index contributed by atoms with van der Waals surface area (Å²) in [4.78, 5) is 21.3. The fraction of sp³-hybridized carbons (Fsp3) is 0.800. The second-order valence-corrected chi connectivity index (χ2v) is 6.71. The van der Waals surface area contributed by atoms with E-state index in [-0.39, 0.29) is 18.7 Å². The van der Waals surface area contributed by atoms with Crippen molar-refractivity contribution in [2.24, 2.45) is 0 Å². The van der Waals surface area contributed by atoms with Crippen molar-refractivity contribution in [3.63, 3.8) is 0 Å². The molecule has 106 valence electrons. The number of carboxylic acids is 1. The van der Waals surface area contributed by atoms with Crippen LogP contribution in [0.4, 0.5) is 0 Å². The Hall–Kier alpha value is -0.963. The Kier molecular flexibility index (Phi) is 8.55. The van der Waals surface area contributed by atoms with Gasteiger partial charge in [-0.05, 0) is 12.8 Å². The van der Waals surface area contributed by atoms with E-state index in [1.165, 1.54) is 21.3 Å². The van der Waals surface area contributed by atoms with E-state index < -0.39 is 14.8 Å². The number of carbonyl (C=O) groups is 2. The highest BCUT2D eigenvalue weighted by atomic mass is 28.4. The number of aliphatic carboxylic acids is 1. The summed E-state index contributed by atoms with van der Waals surface area (Å²) < 4.78 is 15.7. The van der Waals surface area contributed by atoms with Gasteiger partial charge in [0.05, 0.1) is 0 Å². The molecule has 1 N–H and O–H groups in total. The Morgan fingerprint density at radius 3 is 2.11 bits per heavy atom. The molecule has 0 aromatic rings. The lowest BCUT2D eigenvalue weighted by Gasteiger charge is -2.24. The van der Waals surface area contributed by atoms with E-state index in [2.05, 4.69) is 5.32 Å². The quantitative estimate of drug-likeness (QED) is 0.402. The monoisotopic (exact) mass is 278 g/mol. The van der Waals surface area contributed by atoms with E-state index >= 15 is 0 Å². The van der Waals surface area contributed by atoms with E-state index in [0.29, 0.717) is 19.0 Å². The van der Waals surface area contributed by atoms with Gasteiger partial charge in [-0.15, -0.1) is 0 Å². The minimum atomic E-state index is -2.58. The van der Waals surface area contributed by atoms with Gasteiger partial charge in [-0.3, -0.25) is 4.79 Å². The summed E-state index contributed by atoms with van der Waals surface area (Å²) >= 11 is 0. The number of amides is 1. The molecule has 0 spiro atoms. The average molecular weight is 278 g/mol. The molecule has 1 amide bonds. The SMILES string of the molecule is CO[Si](CCCNC(=O)CCC(=O)[O-])(OC)OC. The summed E-state index contributed by atoms with van der Waals surface area (Å²) in [6.07, 6.45) is 0.307. The van der Waals surface area contributed by atoms with Crippen LogP contribution in [0.1, 0.15) is 19.3 Å². The summed E-state index contributed by atoms with van der Waals surface area (Å²) in [6.45, 7) is 0.427. The Morgan fingerprint density at radius 2 is 1.67 bits per heavy atom. The van der Waals surface area contributed by atoms with Crippen LogP contribution < -0.4 is 10.4 Å². The highest BCUT2D eigenvalue weighted by Gasteiger charge is 2.36.